The first-order valence-corrected chi connectivity index (χ1v) is 15.6. The molecule has 3 aromatic carbocycles. The van der Waals surface area contributed by atoms with Crippen molar-refractivity contribution in [2.45, 2.75) is 24.2 Å². The molecular formula is C33H26Cl3N3O7. The van der Waals surface area contributed by atoms with E-state index in [1.54, 1.807) is 48.5 Å². The molecule has 1 saturated carbocycles. The van der Waals surface area contributed by atoms with E-state index in [-0.39, 0.29) is 45.0 Å². The molecular weight excluding hydrogens is 657 g/mol. The van der Waals surface area contributed by atoms with Gasteiger partial charge in [0.05, 0.1) is 41.0 Å². The minimum atomic E-state index is -1.66. The van der Waals surface area contributed by atoms with E-state index in [0.717, 1.165) is 5.01 Å². The molecule has 0 aromatic heterocycles. The van der Waals surface area contributed by atoms with Crippen LogP contribution in [0.25, 0.3) is 0 Å². The van der Waals surface area contributed by atoms with Crippen molar-refractivity contribution in [3.05, 3.63) is 98.5 Å². The zero-order valence-electron chi connectivity index (χ0n) is 24.1. The van der Waals surface area contributed by atoms with E-state index < -0.39 is 58.6 Å². The van der Waals surface area contributed by atoms with Crippen LogP contribution in [0.1, 0.15) is 29.9 Å². The number of hydroxylamine groups is 2. The fourth-order valence-corrected chi connectivity index (χ4v) is 8.56. The van der Waals surface area contributed by atoms with Crippen LogP contribution in [0.5, 0.6) is 11.5 Å². The highest BCUT2D eigenvalue weighted by atomic mass is 35.5. The summed E-state index contributed by atoms with van der Waals surface area (Å²) in [6.45, 7) is 0. The largest absolute Gasteiger partial charge is 0.508 e. The molecule has 7 rings (SSSR count). The lowest BCUT2D eigenvalue weighted by molar-refractivity contribution is -0.173. The van der Waals surface area contributed by atoms with Gasteiger partial charge in [-0.15, -0.1) is 0 Å². The van der Waals surface area contributed by atoms with Crippen molar-refractivity contribution in [2.24, 2.45) is 23.7 Å². The molecule has 4 aliphatic rings. The van der Waals surface area contributed by atoms with Gasteiger partial charge < -0.3 is 9.84 Å². The van der Waals surface area contributed by atoms with Crippen molar-refractivity contribution in [3.8, 4) is 11.5 Å². The molecule has 2 saturated heterocycles. The van der Waals surface area contributed by atoms with E-state index in [9.17, 15) is 24.7 Å². The Morgan fingerprint density at radius 1 is 0.891 bits per heavy atom. The number of imide groups is 2. The smallest absolute Gasteiger partial charge is 0.260 e. The number of phenols is 1. The zero-order chi connectivity index (χ0) is 32.7. The normalized spacial score (nSPS) is 28.5. The van der Waals surface area contributed by atoms with E-state index in [4.69, 9.17) is 39.5 Å². The third kappa shape index (κ3) is 4.27. The first-order valence-electron chi connectivity index (χ1n) is 14.5. The van der Waals surface area contributed by atoms with Gasteiger partial charge in [0, 0.05) is 21.5 Å². The number of fused-ring (bicyclic) bond motifs is 4. The topological polar surface area (TPSA) is 136 Å². The Bertz CT molecular complexity index is 1870. The SMILES string of the molecule is COc1ccc(C23C(=O)N(Nc4ccc(Cl)cc4Cl)C(=O)C2CC2C(=CCC4C(=O)N(O)C(=O)C42)C3c2cc(Cl)ccc2O)cc1. The van der Waals surface area contributed by atoms with E-state index in [1.807, 2.05) is 0 Å². The number of anilines is 1. The number of amides is 4. The van der Waals surface area contributed by atoms with Crippen molar-refractivity contribution >= 4 is 64.1 Å². The molecule has 46 heavy (non-hydrogen) atoms. The van der Waals surface area contributed by atoms with Gasteiger partial charge in [0.2, 0.25) is 0 Å². The quantitative estimate of drug-likeness (QED) is 0.176. The third-order valence-corrected chi connectivity index (χ3v) is 10.6. The van der Waals surface area contributed by atoms with Crippen molar-refractivity contribution in [1.29, 1.82) is 0 Å². The molecule has 2 aliphatic carbocycles. The second-order valence-electron chi connectivity index (χ2n) is 11.9. The lowest BCUT2D eigenvalue weighted by Crippen LogP contribution is -2.53. The number of carbonyl (C=O) groups is 4. The van der Waals surface area contributed by atoms with Gasteiger partial charge in [0.1, 0.15) is 11.5 Å². The maximum Gasteiger partial charge on any atom is 0.260 e. The van der Waals surface area contributed by atoms with E-state index in [1.165, 1.54) is 25.3 Å². The number of allylic oxidation sites excluding steroid dienone is 2. The summed E-state index contributed by atoms with van der Waals surface area (Å²) in [6.07, 6.45) is 1.91. The van der Waals surface area contributed by atoms with Gasteiger partial charge in [-0.25, -0.2) is 0 Å². The number of carbonyl (C=O) groups excluding carboxylic acids is 4. The van der Waals surface area contributed by atoms with Gasteiger partial charge in [-0.05, 0) is 72.9 Å². The summed E-state index contributed by atoms with van der Waals surface area (Å²) in [5.74, 6) is -6.98. The van der Waals surface area contributed by atoms with Crippen molar-refractivity contribution < 1.29 is 34.2 Å². The average Bonchev–Trinajstić information content (AvgIpc) is 3.40. The zero-order valence-corrected chi connectivity index (χ0v) is 26.4. The highest BCUT2D eigenvalue weighted by Crippen LogP contribution is 2.65. The van der Waals surface area contributed by atoms with Crippen molar-refractivity contribution in [2.75, 3.05) is 12.5 Å². The van der Waals surface area contributed by atoms with Crippen LogP contribution in [0.4, 0.5) is 5.69 Å². The summed E-state index contributed by atoms with van der Waals surface area (Å²) in [5, 5.41) is 23.6. The summed E-state index contributed by atoms with van der Waals surface area (Å²) in [5.41, 5.74) is 2.82. The number of benzene rings is 3. The summed E-state index contributed by atoms with van der Waals surface area (Å²) in [4.78, 5) is 55.9. The number of methoxy groups -OCH3 is 1. The van der Waals surface area contributed by atoms with Crippen LogP contribution in [0.3, 0.4) is 0 Å². The van der Waals surface area contributed by atoms with E-state index in [0.29, 0.717) is 21.9 Å². The highest BCUT2D eigenvalue weighted by Gasteiger charge is 2.70. The van der Waals surface area contributed by atoms with E-state index in [2.05, 4.69) is 5.43 Å². The van der Waals surface area contributed by atoms with Crippen molar-refractivity contribution in [1.82, 2.24) is 10.1 Å². The van der Waals surface area contributed by atoms with Gasteiger partial charge in [-0.3, -0.25) is 29.8 Å². The van der Waals surface area contributed by atoms with Crippen LogP contribution >= 0.6 is 34.8 Å². The maximum absolute atomic E-state index is 15.1. The molecule has 3 aromatic rings. The number of phenolic OH excluding ortho intramolecular Hbond substituents is 1. The molecule has 6 atom stereocenters. The molecule has 0 radical (unpaired) electrons. The highest BCUT2D eigenvalue weighted by molar-refractivity contribution is 6.36. The van der Waals surface area contributed by atoms with Crippen LogP contribution in [-0.2, 0) is 24.6 Å². The second kappa shape index (κ2) is 11.0. The van der Waals surface area contributed by atoms with Crippen LogP contribution in [0.15, 0.2) is 72.3 Å². The molecule has 236 valence electrons. The van der Waals surface area contributed by atoms with Gasteiger partial charge in [-0.1, -0.05) is 58.6 Å². The number of halogens is 3. The lowest BCUT2D eigenvalue weighted by atomic mass is 9.49. The number of hydrogen-bond acceptors (Lipinski definition) is 8. The second-order valence-corrected chi connectivity index (χ2v) is 13.2. The van der Waals surface area contributed by atoms with Crippen LogP contribution in [0, 0.1) is 23.7 Å². The molecule has 0 spiro atoms. The van der Waals surface area contributed by atoms with E-state index >= 15 is 4.79 Å². The van der Waals surface area contributed by atoms with Crippen LogP contribution in [0.2, 0.25) is 15.1 Å². The summed E-state index contributed by atoms with van der Waals surface area (Å²) in [7, 11) is 1.51. The number of hydrogen-bond donors (Lipinski definition) is 3. The Balaban J connectivity index is 1.49. The number of nitrogens with one attached hydrogen (secondary N) is 1. The van der Waals surface area contributed by atoms with Gasteiger partial charge >= 0.3 is 0 Å². The monoisotopic (exact) mass is 681 g/mol. The number of hydrazine groups is 1. The Morgan fingerprint density at radius 3 is 2.28 bits per heavy atom. The Labute approximate surface area is 278 Å². The molecule has 0 bridgehead atoms. The predicted molar refractivity (Wildman–Crippen MR) is 167 cm³/mol. The number of nitrogens with zero attached hydrogens (tertiary/aromatic N) is 2. The lowest BCUT2D eigenvalue weighted by Gasteiger charge is -2.50. The van der Waals surface area contributed by atoms with Gasteiger partial charge in [0.15, 0.2) is 0 Å². The fourth-order valence-electron chi connectivity index (χ4n) is 7.93. The number of aromatic hydroxyl groups is 1. The fraction of sp³-hybridized carbons (Fsp3) is 0.273. The first kappa shape index (κ1) is 30.6. The number of ether oxygens (including phenoxy) is 1. The molecule has 4 amide bonds. The molecule has 6 unspecified atom stereocenters. The molecule has 13 heteroatoms. The maximum atomic E-state index is 15.1. The Hall–Kier alpha value is -4.09. The van der Waals surface area contributed by atoms with Crippen molar-refractivity contribution in [3.63, 3.8) is 0 Å². The minimum absolute atomic E-state index is 0.000814. The summed E-state index contributed by atoms with van der Waals surface area (Å²) in [6, 6.07) is 15.8. The average molecular weight is 683 g/mol. The minimum Gasteiger partial charge on any atom is -0.508 e. The molecule has 2 heterocycles. The predicted octanol–water partition coefficient (Wildman–Crippen LogP) is 5.74. The summed E-state index contributed by atoms with van der Waals surface area (Å²) < 4.78 is 5.38. The van der Waals surface area contributed by atoms with Crippen LogP contribution < -0.4 is 10.2 Å². The van der Waals surface area contributed by atoms with Crippen LogP contribution in [-0.4, -0.2) is 51.1 Å². The molecule has 10 nitrogen and oxygen atoms in total. The summed E-state index contributed by atoms with van der Waals surface area (Å²) >= 11 is 19.0. The first-order chi connectivity index (χ1) is 22.0. The molecule has 2 aliphatic heterocycles. The Kier molecular flexibility index (Phi) is 7.32. The molecule has 3 N–H and O–H groups in total. The standard InChI is InChI=1S/C33H26Cl3N3O7/c1-46-18-6-2-15(3-7-18)33-23(30(42)38(32(33)44)37-25-10-4-17(35)13-24(25)36)14-21-19(28(33)22-12-16(34)5-11-26(22)40)8-9-20-27(21)31(43)39(45)29(20)41/h2-8,10-13,20-21,23,27-28,37,40,45H,9,14H2,1H3. The Morgan fingerprint density at radius 2 is 1.59 bits per heavy atom. The number of rotatable bonds is 5. The molecule has 3 fully saturated rings. The third-order valence-electron chi connectivity index (χ3n) is 9.86. The van der Waals surface area contributed by atoms with Gasteiger partial charge in [0.25, 0.3) is 23.6 Å². The van der Waals surface area contributed by atoms with Gasteiger partial charge in [-0.2, -0.15) is 10.1 Å².